The quantitative estimate of drug-likeness (QED) is 0.426. The Bertz CT molecular complexity index is 20.0. The van der Waals surface area contributed by atoms with E-state index >= 15 is 0 Å². The molecule has 5 N–H and O–H groups in total. The Hall–Kier alpha value is 0.00987. The van der Waals surface area contributed by atoms with Gasteiger partial charge in [0.25, 0.3) is 15.1 Å². The Morgan fingerprint density at radius 1 is 0.875 bits per heavy atom. The number of hydrogen-bond acceptors (Lipinski definition) is 3. The first-order valence-electron chi connectivity index (χ1n) is 1.24. The molecule has 0 saturated carbocycles. The summed E-state index contributed by atoms with van der Waals surface area (Å²) in [5.41, 5.74) is 9.58. The van der Waals surface area contributed by atoms with Crippen LogP contribution in [-0.4, -0.2) is 15.1 Å². The van der Waals surface area contributed by atoms with Crippen molar-refractivity contribution in [2.24, 2.45) is 11.3 Å². The topological polar surface area (TPSA) is 64.1 Å². The summed E-state index contributed by atoms with van der Waals surface area (Å²) < 4.78 is 0. The molecule has 0 aromatic rings. The smallest absolute Gasteiger partial charge is 0.292 e. The van der Waals surface area contributed by atoms with Crippen LogP contribution in [0.3, 0.4) is 0 Å². The maximum atomic E-state index is 4.79. The SMILES string of the molecule is C.C.C.N[B]N[B]N. The van der Waals surface area contributed by atoms with Crippen molar-refractivity contribution in [3.8, 4) is 0 Å². The van der Waals surface area contributed by atoms with Gasteiger partial charge in [0, 0.05) is 0 Å². The van der Waals surface area contributed by atoms with Crippen molar-refractivity contribution in [2.45, 2.75) is 22.3 Å². The summed E-state index contributed by atoms with van der Waals surface area (Å²) in [6.45, 7) is 0. The third-order valence-electron chi connectivity index (χ3n) is 0.192. The van der Waals surface area contributed by atoms with E-state index in [1.165, 1.54) is 15.1 Å². The highest BCUT2D eigenvalue weighted by molar-refractivity contribution is 6.46. The van der Waals surface area contributed by atoms with Crippen LogP contribution >= 0.6 is 0 Å². The zero-order valence-electron chi connectivity index (χ0n) is 2.81. The van der Waals surface area contributed by atoms with E-state index in [0.29, 0.717) is 0 Å². The van der Waals surface area contributed by atoms with Gasteiger partial charge in [-0.15, -0.1) is 0 Å². The molecule has 2 radical (unpaired) electrons. The Morgan fingerprint density at radius 2 is 1.12 bits per heavy atom. The number of rotatable bonds is 2. The van der Waals surface area contributed by atoms with E-state index in [-0.39, 0.29) is 22.3 Å². The van der Waals surface area contributed by atoms with Crippen LogP contribution in [0.4, 0.5) is 0 Å². The highest BCUT2D eigenvalue weighted by Gasteiger charge is 1.73. The summed E-state index contributed by atoms with van der Waals surface area (Å²) in [6, 6.07) is 0. The fourth-order valence-electron chi connectivity index (χ4n) is 0.0556. The van der Waals surface area contributed by atoms with Crippen molar-refractivity contribution in [3.05, 3.63) is 0 Å². The molecule has 0 aliphatic rings. The predicted molar refractivity (Wildman–Crippen MR) is 43.2 cm³/mol. The minimum absolute atomic E-state index is 0. The first-order valence-corrected chi connectivity index (χ1v) is 1.24. The Kier molecular flexibility index (Phi) is 85.5. The van der Waals surface area contributed by atoms with Gasteiger partial charge in [-0.2, -0.15) is 0 Å². The van der Waals surface area contributed by atoms with Crippen molar-refractivity contribution in [1.82, 2.24) is 5.14 Å². The van der Waals surface area contributed by atoms with E-state index in [9.17, 15) is 0 Å². The zero-order chi connectivity index (χ0) is 4.12. The second-order valence-corrected chi connectivity index (χ2v) is 0.500. The van der Waals surface area contributed by atoms with Crippen molar-refractivity contribution in [3.63, 3.8) is 0 Å². The Balaban J connectivity index is -0.0000000267. The van der Waals surface area contributed by atoms with Crippen LogP contribution in [0.5, 0.6) is 0 Å². The van der Waals surface area contributed by atoms with Crippen LogP contribution in [0.2, 0.25) is 0 Å². The maximum absolute atomic E-state index is 4.79. The molecule has 50 valence electrons. The molecule has 0 fully saturated rings. The van der Waals surface area contributed by atoms with Crippen LogP contribution in [0.25, 0.3) is 0 Å². The lowest BCUT2D eigenvalue weighted by Gasteiger charge is -1.80. The van der Waals surface area contributed by atoms with Gasteiger partial charge in [-0.25, -0.2) is 0 Å². The molecule has 0 aliphatic carbocycles. The molecule has 0 bridgehead atoms. The average Bonchev–Trinajstić information content (AvgIpc) is 1.41. The predicted octanol–water partition coefficient (Wildman–Crippen LogP) is -0.530. The molecule has 0 saturated heterocycles. The molecule has 0 spiro atoms. The lowest BCUT2D eigenvalue weighted by molar-refractivity contribution is 1.50. The molecule has 0 amide bonds. The zero-order valence-corrected chi connectivity index (χ0v) is 2.81. The molecule has 0 atom stereocenters. The maximum Gasteiger partial charge on any atom is 0.292 e. The fourth-order valence-corrected chi connectivity index (χ4v) is 0.0556. The second-order valence-electron chi connectivity index (χ2n) is 0.500. The fraction of sp³-hybridized carbons (Fsp3) is 1.00. The minimum Gasteiger partial charge on any atom is -0.378 e. The monoisotopic (exact) mass is 117 g/mol. The van der Waals surface area contributed by atoms with Crippen molar-refractivity contribution in [1.29, 1.82) is 0 Å². The summed E-state index contributed by atoms with van der Waals surface area (Å²) in [7, 11) is 2.50. The number of nitrogens with two attached hydrogens (primary N) is 2. The molecule has 0 heterocycles. The molecule has 5 heteroatoms. The Labute approximate surface area is 54.8 Å². The average molecular weight is 117 g/mol. The highest BCUT2D eigenvalue weighted by atomic mass is 14.8. The molecular formula is C3H17B2N3. The van der Waals surface area contributed by atoms with Gasteiger partial charge >= 0.3 is 0 Å². The van der Waals surface area contributed by atoms with Crippen molar-refractivity contribution in [2.75, 3.05) is 0 Å². The minimum atomic E-state index is 0. The van der Waals surface area contributed by atoms with Gasteiger partial charge in [0.2, 0.25) is 0 Å². The van der Waals surface area contributed by atoms with Crippen molar-refractivity contribution < 1.29 is 0 Å². The van der Waals surface area contributed by atoms with Gasteiger partial charge in [0.1, 0.15) is 0 Å². The van der Waals surface area contributed by atoms with E-state index in [1.807, 2.05) is 0 Å². The molecule has 0 unspecified atom stereocenters. The number of nitrogens with one attached hydrogen (secondary N) is 1. The van der Waals surface area contributed by atoms with Crippen LogP contribution < -0.4 is 16.4 Å². The van der Waals surface area contributed by atoms with Gasteiger partial charge < -0.3 is 16.4 Å². The third kappa shape index (κ3) is 37.3. The van der Waals surface area contributed by atoms with E-state index in [1.54, 1.807) is 0 Å². The third-order valence-corrected chi connectivity index (χ3v) is 0.192. The highest BCUT2D eigenvalue weighted by Crippen LogP contribution is 1.15. The molecule has 0 aromatic heterocycles. The second kappa shape index (κ2) is 27.9. The molecule has 8 heavy (non-hydrogen) atoms. The normalized spacial score (nSPS) is 4.25. The molecule has 0 aromatic carbocycles. The molecule has 3 nitrogen and oxygen atoms in total. The first kappa shape index (κ1) is 24.5. The van der Waals surface area contributed by atoms with Crippen LogP contribution in [0.15, 0.2) is 0 Å². The van der Waals surface area contributed by atoms with Gasteiger partial charge in [-0.3, -0.25) is 0 Å². The lowest BCUT2D eigenvalue weighted by atomic mass is 10.1. The number of hydrogen-bond donors (Lipinski definition) is 3. The van der Waals surface area contributed by atoms with Crippen LogP contribution in [0.1, 0.15) is 22.3 Å². The Morgan fingerprint density at radius 3 is 1.12 bits per heavy atom. The van der Waals surface area contributed by atoms with Gasteiger partial charge in [-0.1, -0.05) is 22.3 Å². The molecule has 0 aliphatic heterocycles. The van der Waals surface area contributed by atoms with Gasteiger partial charge in [-0.05, 0) is 0 Å². The molecular weight excluding hydrogens is 99.7 g/mol. The van der Waals surface area contributed by atoms with E-state index in [4.69, 9.17) is 11.3 Å². The molecule has 0 rings (SSSR count). The van der Waals surface area contributed by atoms with E-state index in [2.05, 4.69) is 5.14 Å². The van der Waals surface area contributed by atoms with E-state index in [0.717, 1.165) is 0 Å². The van der Waals surface area contributed by atoms with Gasteiger partial charge in [0.15, 0.2) is 0 Å². The van der Waals surface area contributed by atoms with Crippen LogP contribution in [-0.2, 0) is 0 Å². The van der Waals surface area contributed by atoms with Crippen LogP contribution in [0, 0.1) is 0 Å². The van der Waals surface area contributed by atoms with E-state index < -0.39 is 0 Å². The summed E-state index contributed by atoms with van der Waals surface area (Å²) in [4.78, 5) is 0. The first-order chi connectivity index (χ1) is 2.41. The largest absolute Gasteiger partial charge is 0.378 e. The lowest BCUT2D eigenvalue weighted by Crippen LogP contribution is -2.35. The summed E-state index contributed by atoms with van der Waals surface area (Å²) >= 11 is 0. The summed E-state index contributed by atoms with van der Waals surface area (Å²) in [5.74, 6) is 0. The standard InChI is InChI=1S/3CH4.B2H5N3/c;;;3-1-5-2-4/h3*1H4;5H,3-4H2. The van der Waals surface area contributed by atoms with Crippen molar-refractivity contribution >= 4 is 15.1 Å². The van der Waals surface area contributed by atoms with Gasteiger partial charge in [0.05, 0.1) is 0 Å². The summed E-state index contributed by atoms with van der Waals surface area (Å²) in [6.07, 6.45) is 0. The summed E-state index contributed by atoms with van der Waals surface area (Å²) in [5, 5.41) is 2.42.